The Hall–Kier alpha value is -3.39. The smallest absolute Gasteiger partial charge is 0.229 e. The molecule has 0 spiro atoms. The molecular weight excluding hydrogens is 405 g/mol. The molecule has 0 unspecified atom stereocenters. The Balaban J connectivity index is 0.00000119. The van der Waals surface area contributed by atoms with Crippen LogP contribution in [0.25, 0.3) is 16.8 Å². The van der Waals surface area contributed by atoms with Crippen molar-refractivity contribution < 1.29 is 4.39 Å². The Morgan fingerprint density at radius 2 is 1.91 bits per heavy atom. The number of anilines is 2. The SMILES string of the molecule is CC.CC(C)c1ncc2ccc(-c3nc(Nc4ccc5c(n4)CCNC5)ncc3F)cn12. The fraction of sp³-hybridized carbons (Fsp3) is 0.333. The third-order valence-electron chi connectivity index (χ3n) is 5.25. The predicted molar refractivity (Wildman–Crippen MR) is 125 cm³/mol. The molecule has 166 valence electrons. The summed E-state index contributed by atoms with van der Waals surface area (Å²) >= 11 is 0. The summed E-state index contributed by atoms with van der Waals surface area (Å²) < 4.78 is 16.6. The van der Waals surface area contributed by atoms with E-state index in [4.69, 9.17) is 0 Å². The van der Waals surface area contributed by atoms with Gasteiger partial charge in [-0.25, -0.2) is 24.3 Å². The van der Waals surface area contributed by atoms with Gasteiger partial charge in [0.05, 0.1) is 17.9 Å². The molecule has 7 nitrogen and oxygen atoms in total. The van der Waals surface area contributed by atoms with Gasteiger partial charge in [-0.3, -0.25) is 0 Å². The summed E-state index contributed by atoms with van der Waals surface area (Å²) in [5.74, 6) is 1.66. The average molecular weight is 434 g/mol. The van der Waals surface area contributed by atoms with Gasteiger partial charge in [0.2, 0.25) is 5.95 Å². The highest BCUT2D eigenvalue weighted by molar-refractivity contribution is 5.64. The lowest BCUT2D eigenvalue weighted by Gasteiger charge is -2.17. The van der Waals surface area contributed by atoms with Crippen molar-refractivity contribution in [2.24, 2.45) is 0 Å². The highest BCUT2D eigenvalue weighted by atomic mass is 19.1. The zero-order chi connectivity index (χ0) is 22.7. The largest absolute Gasteiger partial charge is 0.312 e. The first-order chi connectivity index (χ1) is 15.6. The van der Waals surface area contributed by atoms with Crippen LogP contribution >= 0.6 is 0 Å². The number of imidazole rings is 1. The molecule has 5 heterocycles. The second-order valence-electron chi connectivity index (χ2n) is 7.73. The second-order valence-corrected chi connectivity index (χ2v) is 7.73. The molecule has 0 radical (unpaired) electrons. The van der Waals surface area contributed by atoms with Crippen LogP contribution in [0.3, 0.4) is 0 Å². The van der Waals surface area contributed by atoms with Crippen molar-refractivity contribution in [3.05, 3.63) is 65.8 Å². The number of fused-ring (bicyclic) bond motifs is 2. The molecule has 5 rings (SSSR count). The van der Waals surface area contributed by atoms with Gasteiger partial charge in [0.15, 0.2) is 5.82 Å². The quantitative estimate of drug-likeness (QED) is 0.478. The molecule has 4 aromatic heterocycles. The molecule has 0 saturated heterocycles. The molecule has 1 aliphatic rings. The van der Waals surface area contributed by atoms with Gasteiger partial charge < -0.3 is 15.0 Å². The Morgan fingerprint density at radius 3 is 2.72 bits per heavy atom. The molecule has 0 bridgehead atoms. The first-order valence-corrected chi connectivity index (χ1v) is 11.0. The van der Waals surface area contributed by atoms with E-state index in [-0.39, 0.29) is 11.6 Å². The number of hydrogen-bond acceptors (Lipinski definition) is 6. The van der Waals surface area contributed by atoms with Crippen LogP contribution in [0.15, 0.2) is 42.9 Å². The maximum Gasteiger partial charge on any atom is 0.229 e. The van der Waals surface area contributed by atoms with Crippen molar-refractivity contribution in [2.75, 3.05) is 11.9 Å². The third kappa shape index (κ3) is 4.31. The van der Waals surface area contributed by atoms with E-state index < -0.39 is 5.82 Å². The van der Waals surface area contributed by atoms with Gasteiger partial charge in [-0.05, 0) is 23.8 Å². The average Bonchev–Trinajstić information content (AvgIpc) is 3.25. The van der Waals surface area contributed by atoms with Crippen molar-refractivity contribution in [3.63, 3.8) is 0 Å². The van der Waals surface area contributed by atoms with Crippen LogP contribution < -0.4 is 10.6 Å². The van der Waals surface area contributed by atoms with Gasteiger partial charge in [0.25, 0.3) is 0 Å². The minimum absolute atomic E-state index is 0.236. The van der Waals surface area contributed by atoms with Gasteiger partial charge in [-0.15, -0.1) is 0 Å². The summed E-state index contributed by atoms with van der Waals surface area (Å²) in [4.78, 5) is 17.7. The lowest BCUT2D eigenvalue weighted by molar-refractivity contribution is 0.618. The van der Waals surface area contributed by atoms with E-state index >= 15 is 0 Å². The molecule has 32 heavy (non-hydrogen) atoms. The van der Waals surface area contributed by atoms with E-state index in [0.29, 0.717) is 17.3 Å². The fourth-order valence-electron chi connectivity index (χ4n) is 3.73. The third-order valence-corrected chi connectivity index (χ3v) is 5.25. The van der Waals surface area contributed by atoms with Gasteiger partial charge in [0, 0.05) is 42.9 Å². The van der Waals surface area contributed by atoms with Gasteiger partial charge in [0.1, 0.15) is 17.3 Å². The Kier molecular flexibility index (Phi) is 6.41. The number of aromatic nitrogens is 5. The minimum Gasteiger partial charge on any atom is -0.312 e. The summed E-state index contributed by atoms with van der Waals surface area (Å²) in [7, 11) is 0. The van der Waals surface area contributed by atoms with Crippen LogP contribution in [0.4, 0.5) is 16.2 Å². The number of halogens is 1. The molecule has 0 fully saturated rings. The molecule has 2 N–H and O–H groups in total. The molecule has 0 aromatic carbocycles. The van der Waals surface area contributed by atoms with Crippen molar-refractivity contribution in [1.82, 2.24) is 29.7 Å². The van der Waals surface area contributed by atoms with E-state index in [9.17, 15) is 4.39 Å². The first-order valence-electron chi connectivity index (χ1n) is 11.0. The number of pyridine rings is 2. The lowest BCUT2D eigenvalue weighted by Crippen LogP contribution is -2.24. The number of nitrogens with one attached hydrogen (secondary N) is 2. The lowest BCUT2D eigenvalue weighted by atomic mass is 10.1. The molecule has 1 aliphatic heterocycles. The zero-order valence-corrected chi connectivity index (χ0v) is 18.9. The monoisotopic (exact) mass is 433 g/mol. The summed E-state index contributed by atoms with van der Waals surface area (Å²) in [5, 5.41) is 6.44. The molecule has 4 aromatic rings. The standard InChI is InChI=1S/C22H22FN7.C2H6/c1-13(2)21-25-10-16-5-3-15(12-30(16)21)20-17(23)11-26-22(29-20)28-19-6-4-14-9-24-8-7-18(14)27-19;1-2/h3-6,10-13,24H,7-9H2,1-2H3,(H,26,27,28,29);1-2H3. The van der Waals surface area contributed by atoms with Crippen molar-refractivity contribution in [1.29, 1.82) is 0 Å². The second kappa shape index (κ2) is 9.40. The zero-order valence-electron chi connectivity index (χ0n) is 18.9. The maximum atomic E-state index is 14.6. The fourth-order valence-corrected chi connectivity index (χ4v) is 3.73. The summed E-state index contributed by atoms with van der Waals surface area (Å²) in [6.45, 7) is 9.90. The van der Waals surface area contributed by atoms with E-state index in [1.807, 2.05) is 54.9 Å². The Morgan fingerprint density at radius 1 is 1.06 bits per heavy atom. The highest BCUT2D eigenvalue weighted by Gasteiger charge is 2.15. The van der Waals surface area contributed by atoms with Crippen LogP contribution in [0.1, 0.15) is 50.7 Å². The van der Waals surface area contributed by atoms with Crippen LogP contribution in [-0.2, 0) is 13.0 Å². The molecular formula is C24H28FN7. The number of rotatable bonds is 4. The molecule has 0 amide bonds. The maximum absolute atomic E-state index is 14.6. The minimum atomic E-state index is -0.476. The van der Waals surface area contributed by atoms with Crippen LogP contribution in [0.5, 0.6) is 0 Å². The summed E-state index contributed by atoms with van der Waals surface area (Å²) in [6.07, 6.45) is 5.76. The Labute approximate surface area is 187 Å². The van der Waals surface area contributed by atoms with E-state index in [1.165, 1.54) is 11.8 Å². The Bertz CT molecular complexity index is 1230. The van der Waals surface area contributed by atoms with Crippen molar-refractivity contribution in [2.45, 2.75) is 46.6 Å². The predicted octanol–water partition coefficient (Wildman–Crippen LogP) is 4.86. The van der Waals surface area contributed by atoms with Gasteiger partial charge >= 0.3 is 0 Å². The molecule has 0 atom stereocenters. The molecule has 0 aliphatic carbocycles. The molecule has 0 saturated carbocycles. The van der Waals surface area contributed by atoms with Crippen LogP contribution in [-0.4, -0.2) is 30.9 Å². The van der Waals surface area contributed by atoms with Gasteiger partial charge in [-0.2, -0.15) is 0 Å². The van der Waals surface area contributed by atoms with E-state index in [0.717, 1.165) is 36.5 Å². The van der Waals surface area contributed by atoms with E-state index in [2.05, 4.69) is 44.4 Å². The summed E-state index contributed by atoms with van der Waals surface area (Å²) in [5.41, 5.74) is 4.12. The summed E-state index contributed by atoms with van der Waals surface area (Å²) in [6, 6.07) is 7.70. The van der Waals surface area contributed by atoms with E-state index in [1.54, 1.807) is 0 Å². The van der Waals surface area contributed by atoms with Crippen molar-refractivity contribution >= 4 is 17.3 Å². The normalized spacial score (nSPS) is 12.9. The van der Waals surface area contributed by atoms with Gasteiger partial charge in [-0.1, -0.05) is 33.8 Å². The topological polar surface area (TPSA) is 80.0 Å². The van der Waals surface area contributed by atoms with Crippen molar-refractivity contribution in [3.8, 4) is 11.3 Å². The molecule has 8 heteroatoms. The number of hydrogen-bond donors (Lipinski definition) is 2. The highest BCUT2D eigenvalue weighted by Crippen LogP contribution is 2.25. The van der Waals surface area contributed by atoms with Crippen LogP contribution in [0, 0.1) is 5.82 Å². The first kappa shape index (κ1) is 21.8. The number of nitrogens with zero attached hydrogens (tertiary/aromatic N) is 5. The van der Waals surface area contributed by atoms with Crippen LogP contribution in [0.2, 0.25) is 0 Å².